The van der Waals surface area contributed by atoms with Crippen LogP contribution in [-0.4, -0.2) is 11.2 Å². The Hall–Kier alpha value is -2.32. The Morgan fingerprint density at radius 2 is 1.64 bits per heavy atom. The monoisotopic (exact) mass is 287 g/mol. The van der Waals surface area contributed by atoms with E-state index in [4.69, 9.17) is 4.74 Å². The minimum absolute atomic E-state index is 0.170. The second-order valence-corrected chi connectivity index (χ2v) is 6.04. The van der Waals surface area contributed by atoms with Gasteiger partial charge in [-0.3, -0.25) is 0 Å². The summed E-state index contributed by atoms with van der Waals surface area (Å²) in [5.74, 6) is 0. The molecule has 1 aromatic heterocycles. The number of ether oxygens (including phenoxy) is 1. The smallest absolute Gasteiger partial charge is 0.134 e. The fourth-order valence-corrected chi connectivity index (χ4v) is 3.84. The molecule has 108 valence electrons. The molecule has 0 aliphatic carbocycles. The zero-order chi connectivity index (χ0) is 14.5. The van der Waals surface area contributed by atoms with E-state index in [-0.39, 0.29) is 6.23 Å². The van der Waals surface area contributed by atoms with E-state index >= 15 is 0 Å². The van der Waals surface area contributed by atoms with Crippen molar-refractivity contribution in [2.24, 2.45) is 0 Å². The summed E-state index contributed by atoms with van der Waals surface area (Å²) in [6.07, 6.45) is 2.41. The normalized spacial score (nSPS) is 18.6. The van der Waals surface area contributed by atoms with E-state index in [1.165, 1.54) is 32.6 Å². The van der Waals surface area contributed by atoms with Gasteiger partial charge >= 0.3 is 0 Å². The summed E-state index contributed by atoms with van der Waals surface area (Å²) in [7, 11) is 0. The van der Waals surface area contributed by atoms with Crippen LogP contribution in [0.15, 0.2) is 60.7 Å². The summed E-state index contributed by atoms with van der Waals surface area (Å²) >= 11 is 0. The van der Waals surface area contributed by atoms with Gasteiger partial charge in [-0.05, 0) is 35.7 Å². The Bertz CT molecular complexity index is 993. The molecule has 4 aromatic rings. The van der Waals surface area contributed by atoms with Gasteiger partial charge in [0.05, 0.1) is 11.0 Å². The van der Waals surface area contributed by atoms with Crippen molar-refractivity contribution in [1.29, 1.82) is 0 Å². The number of hydrogen-bond donors (Lipinski definition) is 0. The maximum Gasteiger partial charge on any atom is 0.134 e. The highest BCUT2D eigenvalue weighted by Crippen LogP contribution is 2.38. The van der Waals surface area contributed by atoms with Crippen molar-refractivity contribution in [3.8, 4) is 0 Å². The molecule has 22 heavy (non-hydrogen) atoms. The first-order valence-corrected chi connectivity index (χ1v) is 7.95. The van der Waals surface area contributed by atoms with E-state index < -0.39 is 0 Å². The second kappa shape index (κ2) is 4.59. The topological polar surface area (TPSA) is 14.2 Å². The van der Waals surface area contributed by atoms with Crippen molar-refractivity contribution >= 4 is 32.6 Å². The van der Waals surface area contributed by atoms with Crippen molar-refractivity contribution in [2.75, 3.05) is 6.61 Å². The SMILES string of the molecule is c1ccc2c(c1)ccc1c2c2ccccc2n1C1CCCO1. The van der Waals surface area contributed by atoms with Crippen LogP contribution in [0, 0.1) is 0 Å². The molecule has 0 amide bonds. The standard InChI is InChI=1S/C20H17NO/c1-2-7-15-14(6-1)11-12-18-20(15)16-8-3-4-9-17(16)21(18)19-10-5-13-22-19/h1-4,6-9,11-12,19H,5,10,13H2. The molecule has 2 heteroatoms. The molecule has 0 bridgehead atoms. The number of aromatic nitrogens is 1. The zero-order valence-corrected chi connectivity index (χ0v) is 12.3. The maximum atomic E-state index is 5.99. The molecule has 0 spiro atoms. The van der Waals surface area contributed by atoms with Gasteiger partial charge in [0.2, 0.25) is 0 Å². The van der Waals surface area contributed by atoms with Crippen LogP contribution in [0.2, 0.25) is 0 Å². The average Bonchev–Trinajstić information content (AvgIpc) is 3.20. The summed E-state index contributed by atoms with van der Waals surface area (Å²) < 4.78 is 8.38. The number of rotatable bonds is 1. The molecule has 1 aliphatic rings. The number of para-hydroxylation sites is 1. The summed E-state index contributed by atoms with van der Waals surface area (Å²) in [5.41, 5.74) is 2.56. The van der Waals surface area contributed by atoms with Crippen LogP contribution in [0.3, 0.4) is 0 Å². The largest absolute Gasteiger partial charge is 0.358 e. The van der Waals surface area contributed by atoms with E-state index in [9.17, 15) is 0 Å². The van der Waals surface area contributed by atoms with Gasteiger partial charge in [0.1, 0.15) is 6.23 Å². The number of hydrogen-bond acceptors (Lipinski definition) is 1. The first kappa shape index (κ1) is 12.2. The first-order valence-electron chi connectivity index (χ1n) is 7.95. The molecule has 5 rings (SSSR count). The highest BCUT2D eigenvalue weighted by Gasteiger charge is 2.22. The Balaban J connectivity index is 2.00. The molecule has 1 aliphatic heterocycles. The lowest BCUT2D eigenvalue weighted by Gasteiger charge is -2.15. The fraction of sp³-hybridized carbons (Fsp3) is 0.200. The molecule has 1 saturated heterocycles. The summed E-state index contributed by atoms with van der Waals surface area (Å²) in [6.45, 7) is 0.867. The van der Waals surface area contributed by atoms with Gasteiger partial charge in [-0.15, -0.1) is 0 Å². The van der Waals surface area contributed by atoms with Crippen LogP contribution >= 0.6 is 0 Å². The van der Waals surface area contributed by atoms with Gasteiger partial charge in [-0.2, -0.15) is 0 Å². The van der Waals surface area contributed by atoms with Gasteiger partial charge in [0.25, 0.3) is 0 Å². The van der Waals surface area contributed by atoms with Gasteiger partial charge in [0, 0.05) is 17.4 Å². The van der Waals surface area contributed by atoms with Crippen molar-refractivity contribution in [3.63, 3.8) is 0 Å². The lowest BCUT2D eigenvalue weighted by atomic mass is 10.0. The molecular weight excluding hydrogens is 270 g/mol. The van der Waals surface area contributed by atoms with Crippen LogP contribution in [0.5, 0.6) is 0 Å². The van der Waals surface area contributed by atoms with Gasteiger partial charge in [-0.25, -0.2) is 0 Å². The maximum absolute atomic E-state index is 5.99. The predicted octanol–water partition coefficient (Wildman–Crippen LogP) is 5.26. The van der Waals surface area contributed by atoms with Crippen molar-refractivity contribution < 1.29 is 4.74 Å². The number of benzene rings is 3. The van der Waals surface area contributed by atoms with E-state index in [1.807, 2.05) is 0 Å². The fourth-order valence-electron chi connectivity index (χ4n) is 3.84. The van der Waals surface area contributed by atoms with Crippen LogP contribution in [-0.2, 0) is 4.74 Å². The van der Waals surface area contributed by atoms with E-state index in [1.54, 1.807) is 0 Å². The average molecular weight is 287 g/mol. The lowest BCUT2D eigenvalue weighted by Crippen LogP contribution is -2.06. The molecule has 0 N–H and O–H groups in total. The molecule has 1 atom stereocenters. The van der Waals surface area contributed by atoms with Crippen LogP contribution in [0.25, 0.3) is 32.6 Å². The van der Waals surface area contributed by atoms with Crippen LogP contribution < -0.4 is 0 Å². The minimum Gasteiger partial charge on any atom is -0.358 e. The third kappa shape index (κ3) is 1.59. The van der Waals surface area contributed by atoms with E-state index in [2.05, 4.69) is 65.2 Å². The Labute approximate surface area is 128 Å². The van der Waals surface area contributed by atoms with Crippen LogP contribution in [0.1, 0.15) is 19.1 Å². The Morgan fingerprint density at radius 1 is 0.818 bits per heavy atom. The quantitative estimate of drug-likeness (QED) is 0.466. The molecule has 3 aromatic carbocycles. The van der Waals surface area contributed by atoms with Crippen molar-refractivity contribution in [1.82, 2.24) is 4.57 Å². The van der Waals surface area contributed by atoms with Gasteiger partial charge < -0.3 is 9.30 Å². The number of fused-ring (bicyclic) bond motifs is 5. The van der Waals surface area contributed by atoms with Crippen LogP contribution in [0.4, 0.5) is 0 Å². The van der Waals surface area contributed by atoms with Gasteiger partial charge in [-0.1, -0.05) is 48.5 Å². The highest BCUT2D eigenvalue weighted by molar-refractivity contribution is 6.20. The molecule has 0 saturated carbocycles. The highest BCUT2D eigenvalue weighted by atomic mass is 16.5. The third-order valence-electron chi connectivity index (χ3n) is 4.79. The summed E-state index contributed by atoms with van der Waals surface area (Å²) in [5, 5.41) is 5.30. The molecule has 2 heterocycles. The molecule has 0 radical (unpaired) electrons. The third-order valence-corrected chi connectivity index (χ3v) is 4.79. The summed E-state index contributed by atoms with van der Waals surface area (Å²) in [4.78, 5) is 0. The van der Waals surface area contributed by atoms with Crippen molar-refractivity contribution in [2.45, 2.75) is 19.1 Å². The predicted molar refractivity (Wildman–Crippen MR) is 91.2 cm³/mol. The zero-order valence-electron chi connectivity index (χ0n) is 12.3. The van der Waals surface area contributed by atoms with E-state index in [0.717, 1.165) is 19.4 Å². The molecular formula is C20H17NO. The van der Waals surface area contributed by atoms with E-state index in [0.29, 0.717) is 0 Å². The number of nitrogens with zero attached hydrogens (tertiary/aromatic N) is 1. The van der Waals surface area contributed by atoms with Gasteiger partial charge in [0.15, 0.2) is 0 Å². The second-order valence-electron chi connectivity index (χ2n) is 6.04. The first-order chi connectivity index (χ1) is 10.9. The van der Waals surface area contributed by atoms with Crippen molar-refractivity contribution in [3.05, 3.63) is 60.7 Å². The molecule has 1 unspecified atom stereocenters. The summed E-state index contributed by atoms with van der Waals surface area (Å²) in [6, 6.07) is 21.8. The Kier molecular flexibility index (Phi) is 2.55. The minimum atomic E-state index is 0.170. The lowest BCUT2D eigenvalue weighted by molar-refractivity contribution is 0.0633. The Morgan fingerprint density at radius 3 is 2.50 bits per heavy atom. The molecule has 2 nitrogen and oxygen atoms in total. The molecule has 1 fully saturated rings.